The van der Waals surface area contributed by atoms with E-state index < -0.39 is 0 Å². The molecule has 2 aromatic heterocycles. The normalized spacial score (nSPS) is 10.1. The van der Waals surface area contributed by atoms with E-state index in [0.717, 1.165) is 10.6 Å². The molecule has 14 heavy (non-hydrogen) atoms. The summed E-state index contributed by atoms with van der Waals surface area (Å²) in [6, 6.07) is 0. The Morgan fingerprint density at radius 3 is 3.07 bits per heavy atom. The monoisotopic (exact) mass is 209 g/mol. The Morgan fingerprint density at radius 2 is 2.43 bits per heavy atom. The van der Waals surface area contributed by atoms with Crippen LogP contribution in [-0.4, -0.2) is 28.3 Å². The SMILES string of the molecule is COC(=O)c1cnc(-c2cn[nH]c2)s1. The fourth-order valence-electron chi connectivity index (χ4n) is 0.970. The lowest BCUT2D eigenvalue weighted by atomic mass is 10.4. The zero-order chi connectivity index (χ0) is 9.97. The summed E-state index contributed by atoms with van der Waals surface area (Å²) in [6.45, 7) is 0. The van der Waals surface area contributed by atoms with E-state index in [1.165, 1.54) is 24.6 Å². The van der Waals surface area contributed by atoms with Crippen LogP contribution in [0.3, 0.4) is 0 Å². The first-order valence-electron chi connectivity index (χ1n) is 3.84. The number of aromatic amines is 1. The first-order valence-corrected chi connectivity index (χ1v) is 4.66. The minimum absolute atomic E-state index is 0.364. The smallest absolute Gasteiger partial charge is 0.349 e. The van der Waals surface area contributed by atoms with Crippen molar-refractivity contribution in [2.45, 2.75) is 0 Å². The summed E-state index contributed by atoms with van der Waals surface area (Å²) in [4.78, 5) is 15.7. The number of carbonyl (C=O) groups excluding carboxylic acids is 1. The average Bonchev–Trinajstić information content (AvgIpc) is 2.86. The van der Waals surface area contributed by atoms with Crippen LogP contribution in [0.1, 0.15) is 9.67 Å². The summed E-state index contributed by atoms with van der Waals surface area (Å²) in [5.41, 5.74) is 0.866. The number of hydrogen-bond donors (Lipinski definition) is 1. The molecule has 0 atom stereocenters. The second kappa shape index (κ2) is 3.59. The highest BCUT2D eigenvalue weighted by atomic mass is 32.1. The first kappa shape index (κ1) is 8.89. The van der Waals surface area contributed by atoms with Crippen LogP contribution in [0.15, 0.2) is 18.6 Å². The number of ether oxygens (including phenoxy) is 1. The lowest BCUT2D eigenvalue weighted by molar-refractivity contribution is 0.0606. The molecular weight excluding hydrogens is 202 g/mol. The van der Waals surface area contributed by atoms with Gasteiger partial charge in [0.25, 0.3) is 0 Å². The number of carbonyl (C=O) groups is 1. The van der Waals surface area contributed by atoms with Crippen molar-refractivity contribution in [2.75, 3.05) is 7.11 Å². The van der Waals surface area contributed by atoms with Crippen molar-refractivity contribution in [3.63, 3.8) is 0 Å². The van der Waals surface area contributed by atoms with Crippen molar-refractivity contribution in [3.8, 4) is 10.6 Å². The number of nitrogens with one attached hydrogen (secondary N) is 1. The van der Waals surface area contributed by atoms with Crippen LogP contribution >= 0.6 is 11.3 Å². The summed E-state index contributed by atoms with van der Waals surface area (Å²) >= 11 is 1.28. The molecule has 2 heterocycles. The van der Waals surface area contributed by atoms with Gasteiger partial charge in [-0.05, 0) is 0 Å². The minimum Gasteiger partial charge on any atom is -0.465 e. The minimum atomic E-state index is -0.364. The summed E-state index contributed by atoms with van der Waals surface area (Å²) in [5, 5.41) is 7.23. The maximum atomic E-state index is 11.1. The molecule has 0 bridgehead atoms. The molecule has 0 aliphatic rings. The highest BCUT2D eigenvalue weighted by Gasteiger charge is 2.11. The number of thiazole rings is 1. The molecule has 0 saturated carbocycles. The topological polar surface area (TPSA) is 67.9 Å². The van der Waals surface area contributed by atoms with Crippen LogP contribution < -0.4 is 0 Å². The van der Waals surface area contributed by atoms with E-state index in [9.17, 15) is 4.79 Å². The van der Waals surface area contributed by atoms with Gasteiger partial charge in [-0.3, -0.25) is 5.10 Å². The van der Waals surface area contributed by atoms with Gasteiger partial charge in [-0.1, -0.05) is 0 Å². The van der Waals surface area contributed by atoms with Crippen molar-refractivity contribution in [2.24, 2.45) is 0 Å². The Morgan fingerprint density at radius 1 is 1.57 bits per heavy atom. The lowest BCUT2D eigenvalue weighted by Gasteiger charge is -1.90. The fourth-order valence-corrected chi connectivity index (χ4v) is 1.79. The molecule has 1 N–H and O–H groups in total. The highest BCUT2D eigenvalue weighted by molar-refractivity contribution is 7.16. The van der Waals surface area contributed by atoms with E-state index in [1.807, 2.05) is 0 Å². The summed E-state index contributed by atoms with van der Waals surface area (Å²) < 4.78 is 4.57. The van der Waals surface area contributed by atoms with Crippen molar-refractivity contribution < 1.29 is 9.53 Å². The van der Waals surface area contributed by atoms with Crippen molar-refractivity contribution in [3.05, 3.63) is 23.5 Å². The van der Waals surface area contributed by atoms with Gasteiger partial charge in [-0.2, -0.15) is 5.10 Å². The molecule has 0 unspecified atom stereocenters. The van der Waals surface area contributed by atoms with E-state index in [2.05, 4.69) is 19.9 Å². The number of rotatable bonds is 2. The van der Waals surface area contributed by atoms with Crippen molar-refractivity contribution in [1.29, 1.82) is 0 Å². The molecule has 5 nitrogen and oxygen atoms in total. The van der Waals surface area contributed by atoms with Gasteiger partial charge < -0.3 is 4.74 Å². The number of nitrogens with zero attached hydrogens (tertiary/aromatic N) is 2. The highest BCUT2D eigenvalue weighted by Crippen LogP contribution is 2.24. The van der Waals surface area contributed by atoms with Crippen LogP contribution in [-0.2, 0) is 4.74 Å². The van der Waals surface area contributed by atoms with Gasteiger partial charge in [0.1, 0.15) is 9.88 Å². The van der Waals surface area contributed by atoms with E-state index in [1.54, 1.807) is 12.4 Å². The molecule has 0 aromatic carbocycles. The van der Waals surface area contributed by atoms with Crippen LogP contribution in [0.5, 0.6) is 0 Å². The van der Waals surface area contributed by atoms with Crippen LogP contribution in [0.25, 0.3) is 10.6 Å². The van der Waals surface area contributed by atoms with Crippen LogP contribution in [0.4, 0.5) is 0 Å². The Balaban J connectivity index is 2.31. The third kappa shape index (κ3) is 1.51. The third-order valence-corrected chi connectivity index (χ3v) is 2.66. The summed E-state index contributed by atoms with van der Waals surface area (Å²) in [5.74, 6) is -0.364. The van der Waals surface area contributed by atoms with Gasteiger partial charge >= 0.3 is 5.97 Å². The quantitative estimate of drug-likeness (QED) is 0.757. The Hall–Kier alpha value is -1.69. The largest absolute Gasteiger partial charge is 0.465 e. The lowest BCUT2D eigenvalue weighted by Crippen LogP contribution is -1.96. The number of hydrogen-bond acceptors (Lipinski definition) is 5. The fraction of sp³-hybridized carbons (Fsp3) is 0.125. The molecule has 6 heteroatoms. The maximum absolute atomic E-state index is 11.1. The van der Waals surface area contributed by atoms with Gasteiger partial charge in [-0.25, -0.2) is 9.78 Å². The predicted octanol–water partition coefficient (Wildman–Crippen LogP) is 1.32. The summed E-state index contributed by atoms with van der Waals surface area (Å²) in [6.07, 6.45) is 4.87. The van der Waals surface area contributed by atoms with Gasteiger partial charge in [-0.15, -0.1) is 11.3 Å². The van der Waals surface area contributed by atoms with E-state index >= 15 is 0 Å². The van der Waals surface area contributed by atoms with Crippen LogP contribution in [0, 0.1) is 0 Å². The molecule has 0 fully saturated rings. The second-order valence-corrected chi connectivity index (χ2v) is 3.54. The standard InChI is InChI=1S/C8H7N3O2S/c1-13-8(12)6-4-9-7(14-6)5-2-10-11-3-5/h2-4H,1H3,(H,10,11). The molecule has 2 aromatic rings. The van der Waals surface area contributed by atoms with E-state index in [4.69, 9.17) is 0 Å². The molecule has 2 rings (SSSR count). The van der Waals surface area contributed by atoms with Gasteiger partial charge in [0.15, 0.2) is 0 Å². The molecule has 0 aliphatic heterocycles. The molecule has 0 saturated heterocycles. The van der Waals surface area contributed by atoms with E-state index in [0.29, 0.717) is 4.88 Å². The first-order chi connectivity index (χ1) is 6.81. The average molecular weight is 209 g/mol. The molecule has 0 amide bonds. The number of esters is 1. The Bertz CT molecular complexity index is 435. The molecule has 0 aliphatic carbocycles. The summed E-state index contributed by atoms with van der Waals surface area (Å²) in [7, 11) is 1.35. The third-order valence-electron chi connectivity index (χ3n) is 1.64. The van der Waals surface area contributed by atoms with Crippen LogP contribution in [0.2, 0.25) is 0 Å². The van der Waals surface area contributed by atoms with E-state index in [-0.39, 0.29) is 5.97 Å². The number of methoxy groups -OCH3 is 1. The number of aromatic nitrogens is 3. The molecule has 0 spiro atoms. The zero-order valence-electron chi connectivity index (χ0n) is 7.35. The van der Waals surface area contributed by atoms with Gasteiger partial charge in [0.05, 0.1) is 19.5 Å². The number of H-pyrrole nitrogens is 1. The maximum Gasteiger partial charge on any atom is 0.349 e. The second-order valence-electron chi connectivity index (χ2n) is 2.51. The van der Waals surface area contributed by atoms with Crippen molar-refractivity contribution in [1.82, 2.24) is 15.2 Å². The van der Waals surface area contributed by atoms with Gasteiger partial charge in [0, 0.05) is 11.8 Å². The van der Waals surface area contributed by atoms with Crippen molar-refractivity contribution >= 4 is 17.3 Å². The Labute approximate surface area is 83.8 Å². The van der Waals surface area contributed by atoms with Gasteiger partial charge in [0.2, 0.25) is 0 Å². The molecular formula is C8H7N3O2S. The zero-order valence-corrected chi connectivity index (χ0v) is 8.17. The Kier molecular flexibility index (Phi) is 2.28. The predicted molar refractivity (Wildman–Crippen MR) is 51.0 cm³/mol. The molecule has 72 valence electrons. The molecule has 0 radical (unpaired) electrons.